The number of pyridine rings is 1. The van der Waals surface area contributed by atoms with Crippen LogP contribution < -0.4 is 10.1 Å². The van der Waals surface area contributed by atoms with Gasteiger partial charge in [0, 0.05) is 17.0 Å². The Balaban J connectivity index is 1.88. The molecule has 0 radical (unpaired) electrons. The van der Waals surface area contributed by atoms with Gasteiger partial charge in [-0.2, -0.15) is 0 Å². The molecule has 7 heteroatoms. The minimum Gasteiger partial charge on any atom is -0.480 e. The van der Waals surface area contributed by atoms with E-state index in [1.54, 1.807) is 18.2 Å². The van der Waals surface area contributed by atoms with Gasteiger partial charge in [-0.25, -0.2) is 9.78 Å². The van der Waals surface area contributed by atoms with Gasteiger partial charge >= 0.3 is 5.97 Å². The Bertz CT molecular complexity index is 1080. The van der Waals surface area contributed by atoms with Crippen molar-refractivity contribution in [3.63, 3.8) is 0 Å². The molecule has 1 aromatic heterocycles. The number of nitrogens with zero attached hydrogens (tertiary/aromatic N) is 1. The zero-order valence-corrected chi connectivity index (χ0v) is 17.2. The second kappa shape index (κ2) is 8.92. The van der Waals surface area contributed by atoms with E-state index < -0.39 is 5.97 Å². The van der Waals surface area contributed by atoms with Crippen molar-refractivity contribution in [2.75, 3.05) is 14.2 Å². The van der Waals surface area contributed by atoms with Crippen LogP contribution in [0.5, 0.6) is 5.88 Å². The van der Waals surface area contributed by atoms with Crippen LogP contribution in [-0.2, 0) is 22.5 Å². The van der Waals surface area contributed by atoms with Gasteiger partial charge in [-0.15, -0.1) is 0 Å². The molecule has 6 nitrogen and oxygen atoms in total. The van der Waals surface area contributed by atoms with Crippen LogP contribution >= 0.6 is 11.6 Å². The van der Waals surface area contributed by atoms with Crippen LogP contribution in [0.1, 0.15) is 27.0 Å². The molecule has 0 saturated carbocycles. The number of rotatable bonds is 6. The van der Waals surface area contributed by atoms with E-state index in [-0.39, 0.29) is 30.3 Å². The summed E-state index contributed by atoms with van der Waals surface area (Å²) in [6.45, 7) is 2.22. The topological polar surface area (TPSA) is 77.5 Å². The van der Waals surface area contributed by atoms with Crippen molar-refractivity contribution in [3.05, 3.63) is 69.7 Å². The number of amides is 1. The zero-order chi connectivity index (χ0) is 21.0. The first-order valence-corrected chi connectivity index (χ1v) is 9.37. The lowest BCUT2D eigenvalue weighted by Crippen LogP contribution is -2.25. The molecule has 0 saturated heterocycles. The number of ether oxygens (including phenoxy) is 2. The quantitative estimate of drug-likeness (QED) is 0.622. The molecule has 29 heavy (non-hydrogen) atoms. The van der Waals surface area contributed by atoms with E-state index in [0.717, 1.165) is 16.7 Å². The van der Waals surface area contributed by atoms with Gasteiger partial charge < -0.3 is 14.8 Å². The van der Waals surface area contributed by atoms with E-state index in [2.05, 4.69) is 10.3 Å². The minimum absolute atomic E-state index is 0.106. The summed E-state index contributed by atoms with van der Waals surface area (Å²) < 4.78 is 10.0. The van der Waals surface area contributed by atoms with Crippen LogP contribution in [0.2, 0.25) is 5.02 Å². The average molecular weight is 413 g/mol. The second-order valence-corrected chi connectivity index (χ2v) is 6.99. The van der Waals surface area contributed by atoms with Gasteiger partial charge in [0.25, 0.3) is 0 Å². The Morgan fingerprint density at radius 1 is 1.10 bits per heavy atom. The van der Waals surface area contributed by atoms with Crippen molar-refractivity contribution in [2.45, 2.75) is 19.9 Å². The molecule has 0 spiro atoms. The molecule has 0 fully saturated rings. The normalized spacial score (nSPS) is 10.6. The molecule has 2 aromatic carbocycles. The van der Waals surface area contributed by atoms with E-state index in [9.17, 15) is 9.59 Å². The number of methoxy groups -OCH3 is 2. The maximum Gasteiger partial charge on any atom is 0.343 e. The van der Waals surface area contributed by atoms with E-state index in [1.807, 2.05) is 31.2 Å². The summed E-state index contributed by atoms with van der Waals surface area (Å²) in [4.78, 5) is 28.9. The van der Waals surface area contributed by atoms with Crippen molar-refractivity contribution in [1.29, 1.82) is 0 Å². The van der Waals surface area contributed by atoms with Crippen molar-refractivity contribution < 1.29 is 19.1 Å². The van der Waals surface area contributed by atoms with Gasteiger partial charge in [-0.1, -0.05) is 35.9 Å². The number of halogens is 1. The van der Waals surface area contributed by atoms with Gasteiger partial charge in [0.05, 0.1) is 26.2 Å². The summed E-state index contributed by atoms with van der Waals surface area (Å²) in [5, 5.41) is 4.04. The molecule has 3 rings (SSSR count). The number of nitrogens with one attached hydrogen (secondary N) is 1. The fourth-order valence-corrected chi connectivity index (χ4v) is 3.34. The highest BCUT2D eigenvalue weighted by Gasteiger charge is 2.18. The van der Waals surface area contributed by atoms with Crippen molar-refractivity contribution >= 4 is 34.4 Å². The Kier molecular flexibility index (Phi) is 6.34. The smallest absolute Gasteiger partial charge is 0.343 e. The predicted octanol–water partition coefficient (Wildman–Crippen LogP) is 3.85. The third-order valence-corrected chi connectivity index (χ3v) is 4.83. The number of carbonyl (C=O) groups excluding carboxylic acids is 2. The lowest BCUT2D eigenvalue weighted by molar-refractivity contribution is -0.120. The summed E-state index contributed by atoms with van der Waals surface area (Å²) in [7, 11) is 2.72. The van der Waals surface area contributed by atoms with Crippen molar-refractivity contribution in [3.8, 4) is 5.88 Å². The molecule has 0 atom stereocenters. The van der Waals surface area contributed by atoms with E-state index in [1.165, 1.54) is 14.2 Å². The summed E-state index contributed by atoms with van der Waals surface area (Å²) in [5.41, 5.74) is 3.57. The van der Waals surface area contributed by atoms with Crippen molar-refractivity contribution in [2.24, 2.45) is 0 Å². The number of esters is 1. The molecule has 0 aliphatic carbocycles. The molecule has 0 bridgehead atoms. The third kappa shape index (κ3) is 4.66. The lowest BCUT2D eigenvalue weighted by Gasteiger charge is -2.12. The maximum atomic E-state index is 12.4. The summed E-state index contributed by atoms with van der Waals surface area (Å²) >= 11 is 6.24. The summed E-state index contributed by atoms with van der Waals surface area (Å²) in [5.74, 6) is -0.506. The van der Waals surface area contributed by atoms with Gasteiger partial charge in [-0.3, -0.25) is 4.79 Å². The second-order valence-electron chi connectivity index (χ2n) is 6.55. The minimum atomic E-state index is -0.552. The Labute approximate surface area is 173 Å². The van der Waals surface area contributed by atoms with E-state index in [0.29, 0.717) is 15.9 Å². The molecular weight excluding hydrogens is 392 g/mol. The number of hydrogen-bond acceptors (Lipinski definition) is 5. The van der Waals surface area contributed by atoms with E-state index >= 15 is 0 Å². The monoisotopic (exact) mass is 412 g/mol. The van der Waals surface area contributed by atoms with Gasteiger partial charge in [0.15, 0.2) is 0 Å². The zero-order valence-electron chi connectivity index (χ0n) is 16.4. The Morgan fingerprint density at radius 3 is 2.55 bits per heavy atom. The molecule has 0 aliphatic rings. The first-order chi connectivity index (χ1) is 13.9. The predicted molar refractivity (Wildman–Crippen MR) is 111 cm³/mol. The number of hydrogen-bond donors (Lipinski definition) is 1. The fraction of sp³-hybridized carbons (Fsp3) is 0.227. The highest BCUT2D eigenvalue weighted by atomic mass is 35.5. The average Bonchev–Trinajstić information content (AvgIpc) is 2.72. The van der Waals surface area contributed by atoms with Gasteiger partial charge in [0.2, 0.25) is 11.8 Å². The number of carbonyl (C=O) groups is 2. The molecule has 1 heterocycles. The number of aromatic nitrogens is 1. The van der Waals surface area contributed by atoms with Crippen LogP contribution in [-0.4, -0.2) is 31.1 Å². The van der Waals surface area contributed by atoms with Crippen LogP contribution in [0.3, 0.4) is 0 Å². The number of fused-ring (bicyclic) bond motifs is 1. The number of benzene rings is 2. The summed E-state index contributed by atoms with van der Waals surface area (Å²) in [6, 6.07) is 12.8. The molecule has 0 aliphatic heterocycles. The highest BCUT2D eigenvalue weighted by molar-refractivity contribution is 6.31. The standard InChI is InChI=1S/C22H21ClN2O4/c1-13-6-4-5-7-14(13)11-19(26)24-12-16-9-17(23)8-15-10-18(22(27)29-3)21(28-2)25-20(15)16/h4-10H,11-12H2,1-3H3,(H,24,26). The number of aryl methyl sites for hydroxylation is 1. The van der Waals surface area contributed by atoms with Crippen LogP contribution in [0, 0.1) is 6.92 Å². The van der Waals surface area contributed by atoms with Crippen molar-refractivity contribution in [1.82, 2.24) is 10.3 Å². The molecule has 150 valence electrons. The molecular formula is C22H21ClN2O4. The molecule has 0 unspecified atom stereocenters. The van der Waals surface area contributed by atoms with Crippen LogP contribution in [0.15, 0.2) is 42.5 Å². The van der Waals surface area contributed by atoms with E-state index in [4.69, 9.17) is 21.1 Å². The summed E-state index contributed by atoms with van der Waals surface area (Å²) in [6.07, 6.45) is 0.286. The highest BCUT2D eigenvalue weighted by Crippen LogP contribution is 2.28. The molecule has 3 aromatic rings. The lowest BCUT2D eigenvalue weighted by atomic mass is 10.1. The largest absolute Gasteiger partial charge is 0.480 e. The molecule has 1 amide bonds. The van der Waals surface area contributed by atoms with Crippen LogP contribution in [0.25, 0.3) is 10.9 Å². The first-order valence-electron chi connectivity index (χ1n) is 8.99. The van der Waals surface area contributed by atoms with Crippen LogP contribution in [0.4, 0.5) is 0 Å². The first kappa shape index (κ1) is 20.6. The fourth-order valence-electron chi connectivity index (χ4n) is 3.09. The van der Waals surface area contributed by atoms with Gasteiger partial charge in [-0.05, 0) is 41.8 Å². The van der Waals surface area contributed by atoms with Gasteiger partial charge in [0.1, 0.15) is 5.56 Å². The SMILES string of the molecule is COC(=O)c1cc2cc(Cl)cc(CNC(=O)Cc3ccccc3C)c2nc1OC. The molecule has 1 N–H and O–H groups in total. The third-order valence-electron chi connectivity index (χ3n) is 4.61. The Morgan fingerprint density at radius 2 is 1.86 bits per heavy atom. The Hall–Kier alpha value is -3.12. The maximum absolute atomic E-state index is 12.4.